The normalized spacial score (nSPS) is 19.1. The van der Waals surface area contributed by atoms with Crippen LogP contribution < -0.4 is 0 Å². The smallest absolute Gasteiger partial charge is 0.306 e. The SMILES string of the molecule is O=C1CC(CSc2ccc3ccccc3c2)CO1. The molecule has 1 aliphatic heterocycles. The number of carbonyl (C=O) groups is 1. The molecule has 1 aliphatic rings. The highest BCUT2D eigenvalue weighted by atomic mass is 32.2. The van der Waals surface area contributed by atoms with Gasteiger partial charge >= 0.3 is 5.97 Å². The Labute approximate surface area is 110 Å². The molecule has 0 aromatic heterocycles. The predicted octanol–water partition coefficient (Wildman–Crippen LogP) is 3.50. The number of rotatable bonds is 3. The van der Waals surface area contributed by atoms with Gasteiger partial charge in [-0.2, -0.15) is 0 Å². The van der Waals surface area contributed by atoms with E-state index >= 15 is 0 Å². The molecule has 0 saturated carbocycles. The largest absolute Gasteiger partial charge is 0.465 e. The summed E-state index contributed by atoms with van der Waals surface area (Å²) in [7, 11) is 0. The molecule has 0 bridgehead atoms. The number of thioether (sulfide) groups is 1. The molecule has 0 amide bonds. The third-order valence-electron chi connectivity index (χ3n) is 3.14. The van der Waals surface area contributed by atoms with Crippen LogP contribution in [0.3, 0.4) is 0 Å². The van der Waals surface area contributed by atoms with Gasteiger partial charge in [0.15, 0.2) is 0 Å². The van der Waals surface area contributed by atoms with E-state index in [1.54, 1.807) is 11.8 Å². The molecule has 2 nitrogen and oxygen atoms in total. The minimum atomic E-state index is -0.0564. The number of hydrogen-bond acceptors (Lipinski definition) is 3. The van der Waals surface area contributed by atoms with E-state index < -0.39 is 0 Å². The van der Waals surface area contributed by atoms with Crippen LogP contribution in [0, 0.1) is 5.92 Å². The Morgan fingerprint density at radius 3 is 2.78 bits per heavy atom. The molecule has 0 aliphatic carbocycles. The molecule has 1 saturated heterocycles. The van der Waals surface area contributed by atoms with Crippen LogP contribution in [0.2, 0.25) is 0 Å². The predicted molar refractivity (Wildman–Crippen MR) is 73.7 cm³/mol. The van der Waals surface area contributed by atoms with Crippen LogP contribution in [-0.4, -0.2) is 18.3 Å². The molecule has 0 radical (unpaired) electrons. The lowest BCUT2D eigenvalue weighted by molar-refractivity contribution is -0.137. The second kappa shape index (κ2) is 5.02. The lowest BCUT2D eigenvalue weighted by atomic mass is 10.1. The highest BCUT2D eigenvalue weighted by molar-refractivity contribution is 7.99. The maximum absolute atomic E-state index is 11.0. The number of fused-ring (bicyclic) bond motifs is 1. The van der Waals surface area contributed by atoms with E-state index in [4.69, 9.17) is 4.74 Å². The standard InChI is InChI=1S/C15H14O2S/c16-15-7-11(9-17-15)10-18-14-6-5-12-3-1-2-4-13(12)8-14/h1-6,8,11H,7,9-10H2. The molecule has 18 heavy (non-hydrogen) atoms. The molecular formula is C15H14O2S. The van der Waals surface area contributed by atoms with Crippen molar-refractivity contribution >= 4 is 28.5 Å². The van der Waals surface area contributed by atoms with Crippen LogP contribution in [0.15, 0.2) is 47.4 Å². The summed E-state index contributed by atoms with van der Waals surface area (Å²) in [5.74, 6) is 1.26. The summed E-state index contributed by atoms with van der Waals surface area (Å²) >= 11 is 1.80. The lowest BCUT2D eigenvalue weighted by Gasteiger charge is -2.06. The highest BCUT2D eigenvalue weighted by Crippen LogP contribution is 2.27. The molecule has 3 heteroatoms. The number of cyclic esters (lactones) is 1. The van der Waals surface area contributed by atoms with Gasteiger partial charge < -0.3 is 4.74 Å². The molecule has 0 spiro atoms. The van der Waals surface area contributed by atoms with Crippen molar-refractivity contribution in [2.45, 2.75) is 11.3 Å². The monoisotopic (exact) mass is 258 g/mol. The summed E-state index contributed by atoms with van der Waals surface area (Å²) in [6, 6.07) is 14.8. The van der Waals surface area contributed by atoms with Gasteiger partial charge in [-0.1, -0.05) is 30.3 Å². The molecule has 92 valence electrons. The van der Waals surface area contributed by atoms with Crippen LogP contribution in [0.4, 0.5) is 0 Å². The lowest BCUT2D eigenvalue weighted by Crippen LogP contribution is -2.02. The Balaban J connectivity index is 1.69. The molecule has 3 rings (SSSR count). The number of ether oxygens (including phenoxy) is 1. The van der Waals surface area contributed by atoms with Gasteiger partial charge in [0, 0.05) is 16.6 Å². The first kappa shape index (κ1) is 11.6. The first-order valence-corrected chi connectivity index (χ1v) is 7.07. The Bertz CT molecular complexity index is 579. The number of carbonyl (C=O) groups excluding carboxylic acids is 1. The molecule has 0 N–H and O–H groups in total. The maximum atomic E-state index is 11.0. The van der Waals surface area contributed by atoms with Crippen LogP contribution in [0.5, 0.6) is 0 Å². The summed E-state index contributed by atoms with van der Waals surface area (Å²) in [5, 5.41) is 2.53. The second-order valence-electron chi connectivity index (χ2n) is 4.57. The molecule has 1 unspecified atom stereocenters. The zero-order valence-corrected chi connectivity index (χ0v) is 10.8. The van der Waals surface area contributed by atoms with E-state index in [0.717, 1.165) is 5.75 Å². The third-order valence-corrected chi connectivity index (χ3v) is 4.37. The number of hydrogen-bond donors (Lipinski definition) is 0. The van der Waals surface area contributed by atoms with E-state index in [0.29, 0.717) is 18.9 Å². The first-order valence-electron chi connectivity index (χ1n) is 6.08. The first-order chi connectivity index (χ1) is 8.81. The van der Waals surface area contributed by atoms with Gasteiger partial charge in [0.2, 0.25) is 0 Å². The van der Waals surface area contributed by atoms with Crippen LogP contribution >= 0.6 is 11.8 Å². The fourth-order valence-electron chi connectivity index (χ4n) is 2.14. The van der Waals surface area contributed by atoms with E-state index in [2.05, 4.69) is 42.5 Å². The average Bonchev–Trinajstić information content (AvgIpc) is 2.82. The van der Waals surface area contributed by atoms with Gasteiger partial charge in [0.1, 0.15) is 0 Å². The van der Waals surface area contributed by atoms with E-state index in [-0.39, 0.29) is 5.97 Å². The summed E-state index contributed by atoms with van der Waals surface area (Å²) in [6.07, 6.45) is 0.570. The zero-order valence-electron chi connectivity index (χ0n) is 9.96. The van der Waals surface area contributed by atoms with Gasteiger partial charge in [-0.3, -0.25) is 4.79 Å². The summed E-state index contributed by atoms with van der Waals surface area (Å²) in [6.45, 7) is 0.583. The van der Waals surface area contributed by atoms with E-state index in [9.17, 15) is 4.79 Å². The van der Waals surface area contributed by atoms with E-state index in [1.165, 1.54) is 15.7 Å². The fourth-order valence-corrected chi connectivity index (χ4v) is 3.16. The van der Waals surface area contributed by atoms with Crippen molar-refractivity contribution < 1.29 is 9.53 Å². The topological polar surface area (TPSA) is 26.3 Å². The van der Waals surface area contributed by atoms with Crippen molar-refractivity contribution in [1.82, 2.24) is 0 Å². The average molecular weight is 258 g/mol. The number of esters is 1. The van der Waals surface area contributed by atoms with Gasteiger partial charge in [-0.05, 0) is 22.9 Å². The zero-order chi connectivity index (χ0) is 12.4. The Morgan fingerprint density at radius 2 is 2.00 bits per heavy atom. The summed E-state index contributed by atoms with van der Waals surface area (Å²) < 4.78 is 4.97. The van der Waals surface area contributed by atoms with Gasteiger partial charge in [-0.15, -0.1) is 11.8 Å². The van der Waals surface area contributed by atoms with Crippen LogP contribution in [-0.2, 0) is 9.53 Å². The van der Waals surface area contributed by atoms with Gasteiger partial charge in [0.25, 0.3) is 0 Å². The molecule has 2 aromatic rings. The highest BCUT2D eigenvalue weighted by Gasteiger charge is 2.23. The van der Waals surface area contributed by atoms with Gasteiger partial charge in [0.05, 0.1) is 13.0 Å². The molecular weight excluding hydrogens is 244 g/mol. The summed E-state index contributed by atoms with van der Waals surface area (Å²) in [4.78, 5) is 12.3. The van der Waals surface area contributed by atoms with Crippen molar-refractivity contribution in [3.05, 3.63) is 42.5 Å². The quantitative estimate of drug-likeness (QED) is 0.622. The van der Waals surface area contributed by atoms with Crippen molar-refractivity contribution in [1.29, 1.82) is 0 Å². The molecule has 1 atom stereocenters. The molecule has 2 aromatic carbocycles. The Hall–Kier alpha value is -1.48. The number of benzene rings is 2. The van der Waals surface area contributed by atoms with E-state index in [1.807, 2.05) is 0 Å². The minimum absolute atomic E-state index is 0.0564. The van der Waals surface area contributed by atoms with Crippen molar-refractivity contribution in [2.24, 2.45) is 5.92 Å². The molecule has 1 heterocycles. The van der Waals surface area contributed by atoms with Gasteiger partial charge in [-0.25, -0.2) is 0 Å². The van der Waals surface area contributed by atoms with Crippen LogP contribution in [0.25, 0.3) is 10.8 Å². The maximum Gasteiger partial charge on any atom is 0.306 e. The van der Waals surface area contributed by atoms with Crippen molar-refractivity contribution in [3.63, 3.8) is 0 Å². The third kappa shape index (κ3) is 2.51. The fraction of sp³-hybridized carbons (Fsp3) is 0.267. The second-order valence-corrected chi connectivity index (χ2v) is 5.67. The van der Waals surface area contributed by atoms with Crippen LogP contribution in [0.1, 0.15) is 6.42 Å². The summed E-state index contributed by atoms with van der Waals surface area (Å²) in [5.41, 5.74) is 0. The Kier molecular flexibility index (Phi) is 3.24. The Morgan fingerprint density at radius 1 is 1.17 bits per heavy atom. The molecule has 1 fully saturated rings. The van der Waals surface area contributed by atoms with Crippen molar-refractivity contribution in [2.75, 3.05) is 12.4 Å². The minimum Gasteiger partial charge on any atom is -0.465 e. The van der Waals surface area contributed by atoms with Crippen molar-refractivity contribution in [3.8, 4) is 0 Å².